The maximum atomic E-state index is 12.2. The van der Waals surface area contributed by atoms with Crippen LogP contribution in [0.1, 0.15) is 31.4 Å². The van der Waals surface area contributed by atoms with Crippen LogP contribution in [0.5, 0.6) is 0 Å². The Kier molecular flexibility index (Phi) is 4.72. The second kappa shape index (κ2) is 6.76. The van der Waals surface area contributed by atoms with Crippen molar-refractivity contribution in [3.8, 4) is 10.7 Å². The maximum absolute atomic E-state index is 12.2. The van der Waals surface area contributed by atoms with Gasteiger partial charge in [-0.05, 0) is 32.0 Å². The molecule has 2 aromatic heterocycles. The number of carbonyl (C=O) groups excluding carboxylic acids is 1. The number of nitrogens with one attached hydrogen (secondary N) is 2. The van der Waals surface area contributed by atoms with Crippen LogP contribution in [0.25, 0.3) is 10.7 Å². The lowest BCUT2D eigenvalue weighted by Crippen LogP contribution is -2.20. The number of anilines is 1. The van der Waals surface area contributed by atoms with Crippen molar-refractivity contribution in [2.45, 2.75) is 39.2 Å². The Balaban J connectivity index is 1.85. The average Bonchev–Trinajstić information content (AvgIpc) is 3.22. The standard InChI is InChI=1S/C15H19N5OS2/c1-3-8-20-12(18-19-15(20)22)11-9(2)16-14(23-11)17-13(21)10-6-4-5-7-10/h3,10H,1,4-8H2,2H3,(H,19,22)(H,16,17,21). The van der Waals surface area contributed by atoms with Crippen molar-refractivity contribution in [3.63, 3.8) is 0 Å². The van der Waals surface area contributed by atoms with Gasteiger partial charge in [0.1, 0.15) is 0 Å². The van der Waals surface area contributed by atoms with Gasteiger partial charge in [-0.15, -0.1) is 6.58 Å². The quantitative estimate of drug-likeness (QED) is 0.638. The van der Waals surface area contributed by atoms with Crippen molar-refractivity contribution in [1.29, 1.82) is 0 Å². The van der Waals surface area contributed by atoms with Gasteiger partial charge in [-0.2, -0.15) is 5.10 Å². The summed E-state index contributed by atoms with van der Waals surface area (Å²) in [5.74, 6) is 0.928. The number of carbonyl (C=O) groups is 1. The number of nitrogens with zero attached hydrogens (tertiary/aromatic N) is 3. The first-order chi connectivity index (χ1) is 11.1. The molecule has 1 aliphatic carbocycles. The minimum absolute atomic E-state index is 0.0766. The molecule has 0 spiro atoms. The summed E-state index contributed by atoms with van der Waals surface area (Å²) in [6, 6.07) is 0. The number of allylic oxidation sites excluding steroid dienone is 1. The van der Waals surface area contributed by atoms with E-state index in [2.05, 4.69) is 27.1 Å². The topological polar surface area (TPSA) is 75.6 Å². The predicted molar refractivity (Wildman–Crippen MR) is 94.0 cm³/mol. The smallest absolute Gasteiger partial charge is 0.229 e. The third kappa shape index (κ3) is 3.28. The third-order valence-corrected chi connectivity index (χ3v) is 5.41. The highest BCUT2D eigenvalue weighted by atomic mass is 32.1. The Bertz CT molecular complexity index is 782. The zero-order chi connectivity index (χ0) is 16.4. The molecule has 0 bridgehead atoms. The first-order valence-electron chi connectivity index (χ1n) is 7.65. The van der Waals surface area contributed by atoms with Crippen LogP contribution >= 0.6 is 23.6 Å². The fourth-order valence-corrected chi connectivity index (χ4v) is 4.02. The zero-order valence-electron chi connectivity index (χ0n) is 13.0. The first-order valence-corrected chi connectivity index (χ1v) is 8.87. The van der Waals surface area contributed by atoms with E-state index in [0.717, 1.165) is 42.1 Å². The molecule has 0 aromatic carbocycles. The van der Waals surface area contributed by atoms with Crippen molar-refractivity contribution < 1.29 is 4.79 Å². The third-order valence-electron chi connectivity index (χ3n) is 4.03. The average molecular weight is 349 g/mol. The lowest BCUT2D eigenvalue weighted by atomic mass is 10.1. The number of hydrogen-bond donors (Lipinski definition) is 2. The van der Waals surface area contributed by atoms with Crippen molar-refractivity contribution in [2.75, 3.05) is 5.32 Å². The summed E-state index contributed by atoms with van der Waals surface area (Å²) in [6.07, 6.45) is 5.99. The molecule has 0 saturated heterocycles. The van der Waals surface area contributed by atoms with E-state index >= 15 is 0 Å². The van der Waals surface area contributed by atoms with Gasteiger partial charge in [-0.3, -0.25) is 14.5 Å². The molecule has 6 nitrogen and oxygen atoms in total. The number of amides is 1. The predicted octanol–water partition coefficient (Wildman–Crippen LogP) is 3.69. The maximum Gasteiger partial charge on any atom is 0.229 e. The first kappa shape index (κ1) is 16.1. The number of aromatic nitrogens is 4. The van der Waals surface area contributed by atoms with Crippen LogP contribution < -0.4 is 5.32 Å². The van der Waals surface area contributed by atoms with E-state index < -0.39 is 0 Å². The van der Waals surface area contributed by atoms with Crippen molar-refractivity contribution >= 4 is 34.6 Å². The van der Waals surface area contributed by atoms with Gasteiger partial charge in [0.05, 0.1) is 10.6 Å². The molecule has 1 amide bonds. The fourth-order valence-electron chi connectivity index (χ4n) is 2.84. The number of thiazole rings is 1. The van der Waals surface area contributed by atoms with Crippen molar-refractivity contribution in [1.82, 2.24) is 19.7 Å². The minimum Gasteiger partial charge on any atom is -0.302 e. The van der Waals surface area contributed by atoms with Gasteiger partial charge in [-0.25, -0.2) is 4.98 Å². The summed E-state index contributed by atoms with van der Waals surface area (Å²) in [5.41, 5.74) is 0.830. The van der Waals surface area contributed by atoms with Gasteiger partial charge < -0.3 is 5.32 Å². The van der Waals surface area contributed by atoms with Crippen LogP contribution in [0, 0.1) is 17.6 Å². The van der Waals surface area contributed by atoms with E-state index in [1.165, 1.54) is 11.3 Å². The van der Waals surface area contributed by atoms with Crippen LogP contribution in [0.2, 0.25) is 0 Å². The molecule has 1 aliphatic rings. The second-order valence-corrected chi connectivity index (χ2v) is 7.04. The molecule has 122 valence electrons. The molecule has 8 heteroatoms. The van der Waals surface area contributed by atoms with Crippen LogP contribution in [0.15, 0.2) is 12.7 Å². The van der Waals surface area contributed by atoms with Crippen LogP contribution in [0.3, 0.4) is 0 Å². The van der Waals surface area contributed by atoms with Crippen LogP contribution in [-0.4, -0.2) is 25.7 Å². The van der Waals surface area contributed by atoms with Crippen molar-refractivity contribution in [2.24, 2.45) is 5.92 Å². The molecule has 1 fully saturated rings. The lowest BCUT2D eigenvalue weighted by molar-refractivity contribution is -0.119. The summed E-state index contributed by atoms with van der Waals surface area (Å²) in [7, 11) is 0. The lowest BCUT2D eigenvalue weighted by Gasteiger charge is -2.07. The van der Waals surface area contributed by atoms with Gasteiger partial charge in [0.15, 0.2) is 15.7 Å². The monoisotopic (exact) mass is 349 g/mol. The Morgan fingerprint density at radius 2 is 2.30 bits per heavy atom. The minimum atomic E-state index is 0.0766. The van der Waals surface area contributed by atoms with Gasteiger partial charge in [0.2, 0.25) is 5.91 Å². The van der Waals surface area contributed by atoms with E-state index in [1.807, 2.05) is 11.5 Å². The van der Waals surface area contributed by atoms with Crippen LogP contribution in [0.4, 0.5) is 5.13 Å². The second-order valence-electron chi connectivity index (χ2n) is 5.66. The Morgan fingerprint density at radius 3 is 3.00 bits per heavy atom. The Hall–Kier alpha value is -1.80. The van der Waals surface area contributed by atoms with Crippen LogP contribution in [-0.2, 0) is 11.3 Å². The van der Waals surface area contributed by atoms with Gasteiger partial charge in [-0.1, -0.05) is 30.3 Å². The molecule has 1 saturated carbocycles. The van der Waals surface area contributed by atoms with Gasteiger partial charge in [0.25, 0.3) is 0 Å². The highest BCUT2D eigenvalue weighted by Gasteiger charge is 2.24. The van der Waals surface area contributed by atoms with E-state index in [9.17, 15) is 4.79 Å². The molecule has 0 radical (unpaired) electrons. The molecular formula is C15H19N5OS2. The Labute approximate surface area is 143 Å². The zero-order valence-corrected chi connectivity index (χ0v) is 14.6. The van der Waals surface area contributed by atoms with E-state index in [-0.39, 0.29) is 11.8 Å². The number of aromatic amines is 1. The molecule has 0 atom stereocenters. The number of H-pyrrole nitrogens is 1. The molecule has 2 heterocycles. The van der Waals surface area contributed by atoms with Gasteiger partial charge in [0, 0.05) is 12.5 Å². The fraction of sp³-hybridized carbons (Fsp3) is 0.467. The summed E-state index contributed by atoms with van der Waals surface area (Å²) >= 11 is 6.67. The van der Waals surface area contributed by atoms with E-state index in [0.29, 0.717) is 16.4 Å². The highest BCUT2D eigenvalue weighted by Crippen LogP contribution is 2.33. The SMILES string of the molecule is C=CCn1c(-c2sc(NC(=O)C3CCCC3)nc2C)n[nH]c1=S. The van der Waals surface area contributed by atoms with E-state index in [4.69, 9.17) is 12.2 Å². The molecule has 23 heavy (non-hydrogen) atoms. The molecule has 0 aliphatic heterocycles. The summed E-state index contributed by atoms with van der Waals surface area (Å²) in [5, 5.41) is 10.7. The summed E-state index contributed by atoms with van der Waals surface area (Å²) < 4.78 is 2.41. The van der Waals surface area contributed by atoms with Gasteiger partial charge >= 0.3 is 0 Å². The Morgan fingerprint density at radius 1 is 1.57 bits per heavy atom. The van der Waals surface area contributed by atoms with E-state index in [1.54, 1.807) is 6.08 Å². The number of hydrogen-bond acceptors (Lipinski definition) is 5. The number of aryl methyl sites for hydroxylation is 1. The molecule has 2 N–H and O–H groups in total. The molecule has 0 unspecified atom stereocenters. The largest absolute Gasteiger partial charge is 0.302 e. The molecule has 2 aromatic rings. The normalized spacial score (nSPS) is 15.0. The summed E-state index contributed by atoms with van der Waals surface area (Å²) in [4.78, 5) is 17.6. The highest BCUT2D eigenvalue weighted by molar-refractivity contribution is 7.71. The molecule has 3 rings (SSSR count). The van der Waals surface area contributed by atoms with Crippen molar-refractivity contribution in [3.05, 3.63) is 23.1 Å². The molecular weight excluding hydrogens is 330 g/mol. The summed E-state index contributed by atoms with van der Waals surface area (Å²) in [6.45, 7) is 6.23. The number of rotatable bonds is 5.